The van der Waals surface area contributed by atoms with Gasteiger partial charge in [0.1, 0.15) is 5.65 Å². The molecule has 0 saturated carbocycles. The molecule has 166 valence electrons. The van der Waals surface area contributed by atoms with E-state index in [2.05, 4.69) is 34.4 Å². The number of halogens is 1. The molecule has 4 heterocycles. The average Bonchev–Trinajstić information content (AvgIpc) is 3.18. The quantitative estimate of drug-likeness (QED) is 0.544. The van der Waals surface area contributed by atoms with Crippen molar-refractivity contribution in [3.8, 4) is 11.1 Å². The number of anilines is 1. The van der Waals surface area contributed by atoms with Crippen LogP contribution in [-0.4, -0.2) is 40.3 Å². The maximum absolute atomic E-state index is 12.9. The summed E-state index contributed by atoms with van der Waals surface area (Å²) in [5, 5.41) is 1.42. The zero-order chi connectivity index (χ0) is 22.7. The first-order valence-corrected chi connectivity index (χ1v) is 11.0. The summed E-state index contributed by atoms with van der Waals surface area (Å²) in [6.07, 6.45) is 11.2. The number of nitrogens with one attached hydrogen (secondary N) is 1. The second kappa shape index (κ2) is 9.59. The highest BCUT2D eigenvalue weighted by molar-refractivity contribution is 6.30. The molecule has 0 spiro atoms. The number of hydrogen-bond donors (Lipinski definition) is 1. The van der Waals surface area contributed by atoms with Gasteiger partial charge in [0.15, 0.2) is 0 Å². The predicted octanol–water partition coefficient (Wildman–Crippen LogP) is 4.87. The van der Waals surface area contributed by atoms with Crippen LogP contribution in [0.1, 0.15) is 13.8 Å². The van der Waals surface area contributed by atoms with E-state index in [0.717, 1.165) is 40.0 Å². The van der Waals surface area contributed by atoms with Crippen molar-refractivity contribution >= 4 is 28.3 Å². The van der Waals surface area contributed by atoms with Gasteiger partial charge in [0.25, 0.3) is 5.56 Å². The smallest absolute Gasteiger partial charge is 0.251 e. The summed E-state index contributed by atoms with van der Waals surface area (Å²) >= 11 is 5.93. The number of rotatable bonds is 6. The molecule has 1 aliphatic rings. The monoisotopic (exact) mass is 450 g/mol. The van der Waals surface area contributed by atoms with Gasteiger partial charge < -0.3 is 19.2 Å². The average molecular weight is 451 g/mol. The standard InChI is InChI=1S/C25H27ClN4O2/c1-4-5-19(10-17(2)26)15-29-7-6-20(11-24(29)31)23-14-28-25-22(23)12-21(13-27-25)30-8-9-32-16-18(30)3/h4-7,10-14,18H,2,8-9,15-16H2,1,3H3,(H,27,28)/b5-4-,19-10+. The molecule has 0 bridgehead atoms. The Bertz CT molecular complexity index is 1250. The SMILES string of the molecule is C=C(Cl)/C=C(\C=C/C)Cn1ccc(-c2c[nH]c3ncc(N4CCOCC4C)cc23)cc1=O. The Labute approximate surface area is 192 Å². The van der Waals surface area contributed by atoms with Gasteiger partial charge in [-0.1, -0.05) is 30.3 Å². The zero-order valence-corrected chi connectivity index (χ0v) is 19.1. The Morgan fingerprint density at radius 3 is 3.00 bits per heavy atom. The number of fused-ring (bicyclic) bond motifs is 1. The minimum absolute atomic E-state index is 0.0849. The lowest BCUT2D eigenvalue weighted by Crippen LogP contribution is -2.43. The van der Waals surface area contributed by atoms with Crippen molar-refractivity contribution in [2.75, 3.05) is 24.7 Å². The Balaban J connectivity index is 1.67. The van der Waals surface area contributed by atoms with E-state index in [1.807, 2.05) is 43.7 Å². The molecule has 32 heavy (non-hydrogen) atoms. The second-order valence-corrected chi connectivity index (χ2v) is 8.44. The van der Waals surface area contributed by atoms with Crippen LogP contribution in [0, 0.1) is 0 Å². The number of pyridine rings is 2. The topological polar surface area (TPSA) is 63.1 Å². The van der Waals surface area contributed by atoms with Gasteiger partial charge in [-0.2, -0.15) is 0 Å². The summed E-state index contributed by atoms with van der Waals surface area (Å²) in [6.45, 7) is 10.5. The highest BCUT2D eigenvalue weighted by Crippen LogP contribution is 2.30. The molecule has 7 heteroatoms. The first-order valence-electron chi connectivity index (χ1n) is 10.7. The molecule has 0 amide bonds. The zero-order valence-electron chi connectivity index (χ0n) is 18.3. The minimum atomic E-state index is -0.0849. The fourth-order valence-corrected chi connectivity index (χ4v) is 4.20. The van der Waals surface area contributed by atoms with Crippen molar-refractivity contribution in [1.82, 2.24) is 14.5 Å². The van der Waals surface area contributed by atoms with Gasteiger partial charge >= 0.3 is 0 Å². The minimum Gasteiger partial charge on any atom is -0.377 e. The number of allylic oxidation sites excluding steroid dienone is 5. The Morgan fingerprint density at radius 1 is 1.44 bits per heavy atom. The first kappa shape index (κ1) is 22.1. The number of nitrogens with zero attached hydrogens (tertiary/aromatic N) is 3. The van der Waals surface area contributed by atoms with Crippen LogP contribution in [0.15, 0.2) is 77.0 Å². The third kappa shape index (κ3) is 4.71. The van der Waals surface area contributed by atoms with E-state index in [-0.39, 0.29) is 11.6 Å². The molecule has 4 rings (SSSR count). The molecule has 1 unspecified atom stereocenters. The van der Waals surface area contributed by atoms with Gasteiger partial charge in [0, 0.05) is 47.0 Å². The molecule has 0 radical (unpaired) electrons. The number of aromatic nitrogens is 3. The van der Waals surface area contributed by atoms with Crippen LogP contribution in [0.25, 0.3) is 22.2 Å². The van der Waals surface area contributed by atoms with Crippen molar-refractivity contribution in [3.05, 3.63) is 82.6 Å². The fraction of sp³-hybridized carbons (Fsp3) is 0.280. The summed E-state index contributed by atoms with van der Waals surface area (Å²) in [5.41, 5.74) is 4.49. The first-order chi connectivity index (χ1) is 15.5. The third-order valence-electron chi connectivity index (χ3n) is 5.60. The molecule has 3 aromatic heterocycles. The van der Waals surface area contributed by atoms with Crippen molar-refractivity contribution in [2.24, 2.45) is 0 Å². The largest absolute Gasteiger partial charge is 0.377 e. The molecule has 1 atom stereocenters. The van der Waals surface area contributed by atoms with Crippen LogP contribution in [-0.2, 0) is 11.3 Å². The maximum Gasteiger partial charge on any atom is 0.251 e. The van der Waals surface area contributed by atoms with E-state index >= 15 is 0 Å². The van der Waals surface area contributed by atoms with E-state index in [1.54, 1.807) is 16.7 Å². The molecular formula is C25H27ClN4O2. The number of ether oxygens (including phenoxy) is 1. The van der Waals surface area contributed by atoms with Crippen LogP contribution in [0.3, 0.4) is 0 Å². The number of hydrogen-bond acceptors (Lipinski definition) is 4. The van der Waals surface area contributed by atoms with Gasteiger partial charge in [0.05, 0.1) is 31.6 Å². The van der Waals surface area contributed by atoms with Gasteiger partial charge in [-0.05, 0) is 43.2 Å². The Morgan fingerprint density at radius 2 is 2.28 bits per heavy atom. The number of H-pyrrole nitrogens is 1. The lowest BCUT2D eigenvalue weighted by atomic mass is 10.1. The van der Waals surface area contributed by atoms with Crippen molar-refractivity contribution < 1.29 is 4.74 Å². The molecule has 1 aliphatic heterocycles. The van der Waals surface area contributed by atoms with Crippen LogP contribution in [0.4, 0.5) is 5.69 Å². The summed E-state index contributed by atoms with van der Waals surface area (Å²) < 4.78 is 7.22. The van der Waals surface area contributed by atoms with E-state index in [0.29, 0.717) is 24.8 Å². The molecule has 0 aromatic carbocycles. The molecule has 3 aromatic rings. The van der Waals surface area contributed by atoms with Crippen molar-refractivity contribution in [2.45, 2.75) is 26.4 Å². The van der Waals surface area contributed by atoms with Crippen molar-refractivity contribution in [3.63, 3.8) is 0 Å². The summed E-state index contributed by atoms with van der Waals surface area (Å²) in [4.78, 5) is 23.0. The van der Waals surface area contributed by atoms with Gasteiger partial charge in [-0.15, -0.1) is 0 Å². The maximum atomic E-state index is 12.9. The highest BCUT2D eigenvalue weighted by atomic mass is 35.5. The highest BCUT2D eigenvalue weighted by Gasteiger charge is 2.20. The normalized spacial score (nSPS) is 17.4. The lowest BCUT2D eigenvalue weighted by Gasteiger charge is -2.35. The third-order valence-corrected chi connectivity index (χ3v) is 5.71. The van der Waals surface area contributed by atoms with E-state index in [1.165, 1.54) is 0 Å². The van der Waals surface area contributed by atoms with Gasteiger partial charge in [-0.3, -0.25) is 4.79 Å². The number of aromatic amines is 1. The fourth-order valence-electron chi connectivity index (χ4n) is 4.06. The van der Waals surface area contributed by atoms with Crippen LogP contribution < -0.4 is 10.5 Å². The molecular weight excluding hydrogens is 424 g/mol. The summed E-state index contributed by atoms with van der Waals surface area (Å²) in [6, 6.07) is 6.05. The van der Waals surface area contributed by atoms with Crippen LogP contribution >= 0.6 is 11.6 Å². The second-order valence-electron chi connectivity index (χ2n) is 7.96. The molecule has 6 nitrogen and oxygen atoms in total. The molecule has 1 saturated heterocycles. The van der Waals surface area contributed by atoms with Gasteiger partial charge in [0.2, 0.25) is 0 Å². The number of morpholine rings is 1. The molecule has 1 N–H and O–H groups in total. The van der Waals surface area contributed by atoms with Crippen LogP contribution in [0.5, 0.6) is 0 Å². The Kier molecular flexibility index (Phi) is 6.63. The summed E-state index contributed by atoms with van der Waals surface area (Å²) in [7, 11) is 0. The lowest BCUT2D eigenvalue weighted by molar-refractivity contribution is 0.0989. The predicted molar refractivity (Wildman–Crippen MR) is 131 cm³/mol. The van der Waals surface area contributed by atoms with E-state index < -0.39 is 0 Å². The molecule has 1 fully saturated rings. The molecule has 0 aliphatic carbocycles. The van der Waals surface area contributed by atoms with Crippen molar-refractivity contribution in [1.29, 1.82) is 0 Å². The van der Waals surface area contributed by atoms with Gasteiger partial charge in [-0.25, -0.2) is 4.98 Å². The van der Waals surface area contributed by atoms with E-state index in [4.69, 9.17) is 16.3 Å². The van der Waals surface area contributed by atoms with E-state index in [9.17, 15) is 4.79 Å². The summed E-state index contributed by atoms with van der Waals surface area (Å²) in [5.74, 6) is 0. The Hall–Kier alpha value is -3.09. The van der Waals surface area contributed by atoms with Crippen LogP contribution in [0.2, 0.25) is 0 Å².